The maximum Gasteiger partial charge on any atom is 0.254 e. The molecule has 4 aliphatic heterocycles. The van der Waals surface area contributed by atoms with Crippen molar-refractivity contribution in [1.82, 2.24) is 9.88 Å². The first-order valence-corrected chi connectivity index (χ1v) is 12.4. The number of hydrogen-bond donors (Lipinski definition) is 6. The van der Waals surface area contributed by atoms with Crippen LogP contribution < -0.4 is 0 Å². The lowest BCUT2D eigenvalue weighted by atomic mass is 9.77. The van der Waals surface area contributed by atoms with E-state index in [0.29, 0.717) is 30.5 Å². The number of aromatic hydroxyl groups is 1. The second-order valence-corrected chi connectivity index (χ2v) is 9.96. The van der Waals surface area contributed by atoms with Crippen molar-refractivity contribution in [3.05, 3.63) is 52.9 Å². The second kappa shape index (κ2) is 9.12. The SMILES string of the molecule is C/C=C1/C(O[C@@H]2O[C@H](CO)[C@@H](O)[C@H](O)[C@H]2O)OC=C2C(=O)N3CCc4c([nH]c5ccc(O)cc45)C3CC21. The number of nitrogens with one attached hydrogen (secondary N) is 1. The minimum absolute atomic E-state index is 0.126. The Hall–Kier alpha value is -2.93. The fraction of sp³-hybridized carbons (Fsp3) is 0.500. The van der Waals surface area contributed by atoms with Gasteiger partial charge in [-0.3, -0.25) is 4.79 Å². The Morgan fingerprint density at radius 2 is 2.03 bits per heavy atom. The van der Waals surface area contributed by atoms with Gasteiger partial charge in [-0.25, -0.2) is 0 Å². The normalized spacial score (nSPS) is 36.6. The van der Waals surface area contributed by atoms with Crippen LogP contribution in [0.2, 0.25) is 0 Å². The van der Waals surface area contributed by atoms with Crippen molar-refractivity contribution in [3.8, 4) is 5.75 Å². The predicted octanol–water partition coefficient (Wildman–Crippen LogP) is 0.322. The molecular weight excluding hydrogens is 484 g/mol. The highest BCUT2D eigenvalue weighted by Crippen LogP contribution is 2.48. The smallest absolute Gasteiger partial charge is 0.254 e. The number of piperidine rings is 1. The highest BCUT2D eigenvalue weighted by atomic mass is 16.8. The number of aliphatic hydroxyl groups excluding tert-OH is 4. The first kappa shape index (κ1) is 24.4. The van der Waals surface area contributed by atoms with Gasteiger partial charge in [0.25, 0.3) is 5.91 Å². The molecule has 2 saturated heterocycles. The fourth-order valence-electron chi connectivity index (χ4n) is 6.08. The van der Waals surface area contributed by atoms with E-state index in [2.05, 4.69) is 4.98 Å². The number of H-pyrrole nitrogens is 1. The molecule has 0 bridgehead atoms. The summed E-state index contributed by atoms with van der Waals surface area (Å²) in [6.45, 7) is 1.77. The summed E-state index contributed by atoms with van der Waals surface area (Å²) in [6, 6.07) is 4.99. The van der Waals surface area contributed by atoms with Gasteiger partial charge >= 0.3 is 0 Å². The Morgan fingerprint density at radius 3 is 2.78 bits per heavy atom. The molecule has 2 aromatic rings. The summed E-state index contributed by atoms with van der Waals surface area (Å²) in [5.74, 6) is -0.261. The molecule has 0 spiro atoms. The van der Waals surface area contributed by atoms with Crippen LogP contribution in [0.15, 0.2) is 41.7 Å². The summed E-state index contributed by atoms with van der Waals surface area (Å²) < 4.78 is 17.2. The predicted molar refractivity (Wildman–Crippen MR) is 128 cm³/mol. The number of aliphatic hydroxyl groups is 4. The van der Waals surface area contributed by atoms with Gasteiger partial charge in [0.15, 0.2) is 6.29 Å². The summed E-state index contributed by atoms with van der Waals surface area (Å²) in [4.78, 5) is 18.8. The van der Waals surface area contributed by atoms with E-state index in [-0.39, 0.29) is 23.6 Å². The summed E-state index contributed by atoms with van der Waals surface area (Å²) in [6.07, 6.45) is -3.71. The molecule has 1 aromatic carbocycles. The summed E-state index contributed by atoms with van der Waals surface area (Å²) >= 11 is 0. The number of phenols is 1. The van der Waals surface area contributed by atoms with Crippen molar-refractivity contribution >= 4 is 16.8 Å². The lowest BCUT2D eigenvalue weighted by Gasteiger charge is -2.46. The van der Waals surface area contributed by atoms with E-state index in [0.717, 1.165) is 22.2 Å². The third-order valence-corrected chi connectivity index (χ3v) is 8.01. The number of aromatic amines is 1. The molecule has 1 aromatic heterocycles. The molecule has 8 atom stereocenters. The molecule has 0 radical (unpaired) electrons. The number of phenolic OH excluding ortho intramolecular Hbond substituents is 1. The van der Waals surface area contributed by atoms with E-state index in [1.54, 1.807) is 19.1 Å². The molecule has 1 amide bonds. The van der Waals surface area contributed by atoms with E-state index in [1.807, 2.05) is 17.0 Å². The molecule has 0 saturated carbocycles. The molecule has 6 N–H and O–H groups in total. The van der Waals surface area contributed by atoms with Crippen LogP contribution in [0.4, 0.5) is 0 Å². The van der Waals surface area contributed by atoms with Crippen molar-refractivity contribution in [2.75, 3.05) is 13.2 Å². The van der Waals surface area contributed by atoms with Gasteiger partial charge < -0.3 is 49.6 Å². The average molecular weight is 515 g/mol. The maximum atomic E-state index is 13.5. The Bertz CT molecular complexity index is 1280. The van der Waals surface area contributed by atoms with Crippen LogP contribution in [0.3, 0.4) is 0 Å². The first-order chi connectivity index (χ1) is 17.8. The van der Waals surface area contributed by atoms with Crippen molar-refractivity contribution in [3.63, 3.8) is 0 Å². The number of aromatic nitrogens is 1. The number of allylic oxidation sites excluding steroid dienone is 1. The van der Waals surface area contributed by atoms with Gasteiger partial charge in [0.05, 0.1) is 24.5 Å². The van der Waals surface area contributed by atoms with Crippen molar-refractivity contribution in [2.45, 2.75) is 62.8 Å². The molecule has 4 aliphatic rings. The fourth-order valence-corrected chi connectivity index (χ4v) is 6.08. The van der Waals surface area contributed by atoms with Gasteiger partial charge in [0.1, 0.15) is 30.2 Å². The minimum atomic E-state index is -1.58. The van der Waals surface area contributed by atoms with Crippen molar-refractivity contribution in [2.24, 2.45) is 5.92 Å². The third kappa shape index (κ3) is 3.77. The topological polar surface area (TPSA) is 165 Å². The average Bonchev–Trinajstić information content (AvgIpc) is 3.27. The van der Waals surface area contributed by atoms with Crippen LogP contribution in [0.5, 0.6) is 5.75 Å². The van der Waals surface area contributed by atoms with Crippen molar-refractivity contribution in [1.29, 1.82) is 0 Å². The molecule has 2 fully saturated rings. The molecule has 0 aliphatic carbocycles. The quantitative estimate of drug-likeness (QED) is 0.317. The van der Waals surface area contributed by atoms with Gasteiger partial charge in [-0.05, 0) is 43.5 Å². The van der Waals surface area contributed by atoms with Crippen LogP contribution in [-0.4, -0.2) is 91.5 Å². The number of rotatable bonds is 3. The molecule has 37 heavy (non-hydrogen) atoms. The van der Waals surface area contributed by atoms with Crippen molar-refractivity contribution < 1.29 is 44.5 Å². The lowest BCUT2D eigenvalue weighted by Crippen LogP contribution is -2.60. The number of carbonyl (C=O) groups excluding carboxylic acids is 1. The highest BCUT2D eigenvalue weighted by Gasteiger charge is 2.49. The summed E-state index contributed by atoms with van der Waals surface area (Å²) in [5, 5.41) is 51.0. The molecule has 5 heterocycles. The first-order valence-electron chi connectivity index (χ1n) is 12.4. The zero-order valence-electron chi connectivity index (χ0n) is 20.2. The molecule has 198 valence electrons. The Kier molecular flexibility index (Phi) is 6.02. The van der Waals surface area contributed by atoms with Crippen LogP contribution in [0.1, 0.15) is 30.6 Å². The van der Waals surface area contributed by atoms with Crippen LogP contribution in [-0.2, 0) is 25.4 Å². The maximum absolute atomic E-state index is 13.5. The Morgan fingerprint density at radius 1 is 1.22 bits per heavy atom. The van der Waals surface area contributed by atoms with Gasteiger partial charge in [-0.15, -0.1) is 0 Å². The second-order valence-electron chi connectivity index (χ2n) is 9.96. The summed E-state index contributed by atoms with van der Waals surface area (Å²) in [5.41, 5.74) is 4.13. The number of hydrogen-bond acceptors (Lipinski definition) is 9. The zero-order chi connectivity index (χ0) is 26.0. The molecule has 6 rings (SSSR count). The standard InChI is InChI=1S/C26H30N2O9/c1-2-12-14-8-18-20-13(15-7-11(30)3-4-17(15)27-20)5-6-28(18)24(34)16(14)10-35-25(12)37-26-23(33)22(32)21(31)19(9-29)36-26/h2-4,7,10,14,18-19,21-23,25-27,29-33H,5-6,8-9H2,1H3/b12-2+/t14?,18?,19-,21-,22+,23-,25?,26+/m1/s1. The van der Waals surface area contributed by atoms with Gasteiger partial charge in [-0.2, -0.15) is 0 Å². The van der Waals surface area contributed by atoms with Crippen LogP contribution in [0, 0.1) is 5.92 Å². The van der Waals surface area contributed by atoms with E-state index in [4.69, 9.17) is 14.2 Å². The Labute approximate surface area is 212 Å². The Balaban J connectivity index is 1.29. The van der Waals surface area contributed by atoms with Gasteiger partial charge in [0, 0.05) is 34.6 Å². The van der Waals surface area contributed by atoms with E-state index in [9.17, 15) is 30.3 Å². The van der Waals surface area contributed by atoms with Gasteiger partial charge in [0.2, 0.25) is 6.29 Å². The number of fused-ring (bicyclic) bond motifs is 6. The van der Waals surface area contributed by atoms with Gasteiger partial charge in [-0.1, -0.05) is 6.08 Å². The molecular formula is C26H30N2O9. The molecule has 11 heteroatoms. The number of carbonyl (C=O) groups is 1. The largest absolute Gasteiger partial charge is 0.508 e. The van der Waals surface area contributed by atoms with Crippen LogP contribution in [0.25, 0.3) is 10.9 Å². The minimum Gasteiger partial charge on any atom is -0.508 e. The third-order valence-electron chi connectivity index (χ3n) is 8.01. The van der Waals surface area contributed by atoms with E-state index < -0.39 is 43.6 Å². The highest BCUT2D eigenvalue weighted by molar-refractivity contribution is 5.96. The number of amides is 1. The summed E-state index contributed by atoms with van der Waals surface area (Å²) in [7, 11) is 0. The number of benzene rings is 1. The van der Waals surface area contributed by atoms with E-state index in [1.165, 1.54) is 6.26 Å². The molecule has 3 unspecified atom stereocenters. The van der Waals surface area contributed by atoms with Crippen LogP contribution >= 0.6 is 0 Å². The number of ether oxygens (including phenoxy) is 3. The molecule has 11 nitrogen and oxygen atoms in total. The zero-order valence-corrected chi connectivity index (χ0v) is 20.2. The monoisotopic (exact) mass is 514 g/mol. The lowest BCUT2D eigenvalue weighted by molar-refractivity contribution is -0.327. The number of nitrogens with zero attached hydrogens (tertiary/aromatic N) is 1. The van der Waals surface area contributed by atoms with E-state index >= 15 is 0 Å².